The molecule has 30 heavy (non-hydrogen) atoms. The second-order valence-corrected chi connectivity index (χ2v) is 8.45. The summed E-state index contributed by atoms with van der Waals surface area (Å²) in [6, 6.07) is 13.2. The first-order chi connectivity index (χ1) is 14.3. The predicted molar refractivity (Wildman–Crippen MR) is 116 cm³/mol. The highest BCUT2D eigenvalue weighted by molar-refractivity contribution is 8.00. The number of nitrogens with zero attached hydrogens (tertiary/aromatic N) is 4. The molecule has 2 atom stereocenters. The topological polar surface area (TPSA) is 60.2 Å². The third kappa shape index (κ3) is 4.71. The summed E-state index contributed by atoms with van der Waals surface area (Å²) in [7, 11) is 5.50. The van der Waals surface area contributed by atoms with Crippen LogP contribution in [0.2, 0.25) is 0 Å². The maximum Gasteiger partial charge on any atom is 0.196 e. The minimum absolute atomic E-state index is 0.0153. The average molecular weight is 429 g/mol. The first kappa shape index (κ1) is 22.0. The standard InChI is InChI=1S/C22H25FN4O2S/c1-14(26(3)4)21-24-25-22(27(21)18-10-8-17(23)9-11-18)30-15(2)20(28)16-6-12-19(29-5)13-7-16/h6-15H,1-5H3/t14-,15+/m0/s1. The molecule has 0 aliphatic carbocycles. The highest BCUT2D eigenvalue weighted by Gasteiger charge is 2.25. The summed E-state index contributed by atoms with van der Waals surface area (Å²) in [5.41, 5.74) is 1.35. The fraction of sp³-hybridized carbons (Fsp3) is 0.318. The second-order valence-electron chi connectivity index (χ2n) is 7.15. The number of halogens is 1. The summed E-state index contributed by atoms with van der Waals surface area (Å²) < 4.78 is 20.5. The van der Waals surface area contributed by atoms with Crippen LogP contribution in [0.15, 0.2) is 53.7 Å². The van der Waals surface area contributed by atoms with E-state index in [2.05, 4.69) is 10.2 Å². The Morgan fingerprint density at radius 1 is 1.07 bits per heavy atom. The highest BCUT2D eigenvalue weighted by atomic mass is 32.2. The van der Waals surface area contributed by atoms with Gasteiger partial charge in [0.2, 0.25) is 0 Å². The van der Waals surface area contributed by atoms with E-state index in [1.54, 1.807) is 43.5 Å². The minimum atomic E-state index is -0.385. The first-order valence-electron chi connectivity index (χ1n) is 9.54. The average Bonchev–Trinajstić information content (AvgIpc) is 3.16. The number of ketones is 1. The third-order valence-electron chi connectivity index (χ3n) is 4.92. The van der Waals surface area contributed by atoms with Crippen LogP contribution in [0.3, 0.4) is 0 Å². The third-order valence-corrected chi connectivity index (χ3v) is 5.96. The molecule has 1 heterocycles. The van der Waals surface area contributed by atoms with E-state index in [1.165, 1.54) is 23.9 Å². The van der Waals surface area contributed by atoms with Gasteiger partial charge in [-0.1, -0.05) is 11.8 Å². The zero-order valence-electron chi connectivity index (χ0n) is 17.7. The van der Waals surface area contributed by atoms with Gasteiger partial charge in [-0.25, -0.2) is 4.39 Å². The fourth-order valence-electron chi connectivity index (χ4n) is 2.89. The monoisotopic (exact) mass is 428 g/mol. The van der Waals surface area contributed by atoms with Crippen LogP contribution in [0.25, 0.3) is 5.69 Å². The van der Waals surface area contributed by atoms with Gasteiger partial charge >= 0.3 is 0 Å². The number of hydrogen-bond acceptors (Lipinski definition) is 6. The SMILES string of the molecule is COc1ccc(C(=O)[C@@H](C)Sc2nnc([C@H](C)N(C)C)n2-c2ccc(F)cc2)cc1. The van der Waals surface area contributed by atoms with E-state index in [1.807, 2.05) is 37.4 Å². The van der Waals surface area contributed by atoms with Gasteiger partial charge in [0, 0.05) is 11.3 Å². The van der Waals surface area contributed by atoms with Gasteiger partial charge in [-0.2, -0.15) is 0 Å². The van der Waals surface area contributed by atoms with Crippen molar-refractivity contribution in [1.82, 2.24) is 19.7 Å². The Hall–Kier alpha value is -2.71. The summed E-state index contributed by atoms with van der Waals surface area (Å²) in [5, 5.41) is 8.92. The van der Waals surface area contributed by atoms with E-state index in [0.29, 0.717) is 16.5 Å². The molecule has 0 aliphatic rings. The molecule has 158 valence electrons. The Morgan fingerprint density at radius 2 is 1.70 bits per heavy atom. The molecule has 0 N–H and O–H groups in total. The van der Waals surface area contributed by atoms with Gasteiger partial charge in [0.05, 0.1) is 18.4 Å². The van der Waals surface area contributed by atoms with Crippen LogP contribution in [0.4, 0.5) is 4.39 Å². The molecule has 0 amide bonds. The number of thioether (sulfide) groups is 1. The lowest BCUT2D eigenvalue weighted by atomic mass is 10.1. The maximum atomic E-state index is 13.5. The minimum Gasteiger partial charge on any atom is -0.497 e. The van der Waals surface area contributed by atoms with Crippen LogP contribution >= 0.6 is 11.8 Å². The summed E-state index contributed by atoms with van der Waals surface area (Å²) in [6.45, 7) is 3.86. The summed E-state index contributed by atoms with van der Waals surface area (Å²) in [4.78, 5) is 14.9. The lowest BCUT2D eigenvalue weighted by Gasteiger charge is -2.21. The van der Waals surface area contributed by atoms with Gasteiger partial charge in [0.15, 0.2) is 16.8 Å². The lowest BCUT2D eigenvalue weighted by molar-refractivity contribution is 0.0994. The molecule has 0 bridgehead atoms. The van der Waals surface area contributed by atoms with E-state index in [4.69, 9.17) is 4.74 Å². The molecule has 0 fully saturated rings. The number of methoxy groups -OCH3 is 1. The molecule has 0 saturated carbocycles. The molecule has 0 unspecified atom stereocenters. The van der Waals surface area contributed by atoms with Crippen LogP contribution in [-0.4, -0.2) is 51.9 Å². The lowest BCUT2D eigenvalue weighted by Crippen LogP contribution is -2.21. The number of carbonyl (C=O) groups excluding carboxylic acids is 1. The first-order valence-corrected chi connectivity index (χ1v) is 10.4. The largest absolute Gasteiger partial charge is 0.497 e. The molecule has 0 aliphatic heterocycles. The van der Waals surface area contributed by atoms with E-state index in [-0.39, 0.29) is 22.9 Å². The van der Waals surface area contributed by atoms with Crippen molar-refractivity contribution >= 4 is 17.5 Å². The van der Waals surface area contributed by atoms with Crippen molar-refractivity contribution in [3.05, 3.63) is 65.7 Å². The Kier molecular flexibility index (Phi) is 6.89. The molecule has 1 aromatic heterocycles. The van der Waals surface area contributed by atoms with E-state index < -0.39 is 0 Å². The molecule has 3 rings (SSSR count). The number of carbonyl (C=O) groups is 1. The zero-order chi connectivity index (χ0) is 21.8. The molecule has 0 radical (unpaired) electrons. The molecule has 0 spiro atoms. The number of rotatable bonds is 8. The van der Waals surface area contributed by atoms with Crippen LogP contribution < -0.4 is 4.74 Å². The van der Waals surface area contributed by atoms with Gasteiger partial charge in [-0.15, -0.1) is 10.2 Å². The predicted octanol–water partition coefficient (Wildman–Crippen LogP) is 4.40. The Morgan fingerprint density at radius 3 is 2.27 bits per heavy atom. The van der Waals surface area contributed by atoms with Crippen molar-refractivity contribution < 1.29 is 13.9 Å². The van der Waals surface area contributed by atoms with E-state index >= 15 is 0 Å². The van der Waals surface area contributed by atoms with Crippen molar-refractivity contribution in [1.29, 1.82) is 0 Å². The van der Waals surface area contributed by atoms with Crippen LogP contribution in [0, 0.1) is 5.82 Å². The molecule has 0 saturated heterocycles. The van der Waals surface area contributed by atoms with Crippen molar-refractivity contribution in [3.8, 4) is 11.4 Å². The molecule has 2 aromatic carbocycles. The van der Waals surface area contributed by atoms with Gasteiger partial charge < -0.3 is 4.74 Å². The van der Waals surface area contributed by atoms with E-state index in [0.717, 1.165) is 11.5 Å². The van der Waals surface area contributed by atoms with Gasteiger partial charge in [-0.3, -0.25) is 14.3 Å². The second kappa shape index (κ2) is 9.40. The van der Waals surface area contributed by atoms with E-state index in [9.17, 15) is 9.18 Å². The van der Waals surface area contributed by atoms with Crippen LogP contribution in [0.5, 0.6) is 5.75 Å². The fourth-order valence-corrected chi connectivity index (χ4v) is 3.85. The smallest absolute Gasteiger partial charge is 0.196 e. The molecule has 8 heteroatoms. The zero-order valence-corrected chi connectivity index (χ0v) is 18.5. The number of hydrogen-bond donors (Lipinski definition) is 0. The van der Waals surface area contributed by atoms with Gasteiger partial charge in [0.1, 0.15) is 11.6 Å². The number of aromatic nitrogens is 3. The summed E-state index contributed by atoms with van der Waals surface area (Å²) in [6.07, 6.45) is 0. The molecular formula is C22H25FN4O2S. The molecule has 6 nitrogen and oxygen atoms in total. The Labute approximate surface area is 180 Å². The summed E-state index contributed by atoms with van der Waals surface area (Å²) >= 11 is 1.33. The van der Waals surface area contributed by atoms with Crippen molar-refractivity contribution in [3.63, 3.8) is 0 Å². The number of Topliss-reactive ketones (excluding diaryl/α,β-unsaturated/α-hetero) is 1. The quantitative estimate of drug-likeness (QED) is 0.391. The van der Waals surface area contributed by atoms with Gasteiger partial charge in [0.25, 0.3) is 0 Å². The van der Waals surface area contributed by atoms with Crippen LogP contribution in [0.1, 0.15) is 36.1 Å². The van der Waals surface area contributed by atoms with Crippen molar-refractivity contribution in [2.45, 2.75) is 30.3 Å². The number of benzene rings is 2. The maximum absolute atomic E-state index is 13.5. The summed E-state index contributed by atoms with van der Waals surface area (Å²) in [5.74, 6) is 1.09. The normalized spacial score (nSPS) is 13.3. The molecular weight excluding hydrogens is 403 g/mol. The van der Waals surface area contributed by atoms with Crippen molar-refractivity contribution in [2.75, 3.05) is 21.2 Å². The van der Waals surface area contributed by atoms with Gasteiger partial charge in [-0.05, 0) is 76.5 Å². The number of ether oxygens (including phenoxy) is 1. The van der Waals surface area contributed by atoms with Crippen molar-refractivity contribution in [2.24, 2.45) is 0 Å². The molecule has 3 aromatic rings. The highest BCUT2D eigenvalue weighted by Crippen LogP contribution is 2.30. The van der Waals surface area contributed by atoms with Crippen LogP contribution in [-0.2, 0) is 0 Å². The Balaban J connectivity index is 1.92. The Bertz CT molecular complexity index is 1000.